The van der Waals surface area contributed by atoms with Gasteiger partial charge in [-0.05, 0) is 0 Å². The van der Waals surface area contributed by atoms with Gasteiger partial charge < -0.3 is 0 Å². The van der Waals surface area contributed by atoms with Gasteiger partial charge in [-0.15, -0.1) is 0 Å². The van der Waals surface area contributed by atoms with Gasteiger partial charge >= 0.3 is 0 Å². The van der Waals surface area contributed by atoms with Crippen LogP contribution < -0.4 is 0 Å². The Morgan fingerprint density at radius 1 is 1.60 bits per heavy atom. The van der Waals surface area contributed by atoms with E-state index in [1.165, 1.54) is 21.2 Å². The Labute approximate surface area is 43.1 Å². The van der Waals surface area contributed by atoms with Crippen molar-refractivity contribution in [2.45, 2.75) is 0 Å². The highest BCUT2D eigenvalue weighted by molar-refractivity contribution is 14.2. The Bertz CT molecular complexity index is 92.8. The van der Waals surface area contributed by atoms with Crippen molar-refractivity contribution in [1.82, 2.24) is 0 Å². The highest BCUT2D eigenvalue weighted by atomic mass is 127. The lowest BCUT2D eigenvalue weighted by molar-refractivity contribution is 0.617. The molecule has 0 unspecified atom stereocenters. The molecular formula is CH3IO2S. The maximum Gasteiger partial charge on any atom is 0.200 e. The molecule has 0 spiro atoms. The Morgan fingerprint density at radius 3 is 1.60 bits per heavy atom. The molecule has 0 rings (SSSR count). The third-order valence-electron chi connectivity index (χ3n) is 0. The van der Waals surface area contributed by atoms with Crippen LogP contribution in [0.2, 0.25) is 0 Å². The zero-order chi connectivity index (χ0) is 4.50. The zero-order valence-corrected chi connectivity index (χ0v) is 5.58. The van der Waals surface area contributed by atoms with E-state index in [1.54, 1.807) is 0 Å². The molecule has 0 aliphatic heterocycles. The van der Waals surface area contributed by atoms with Crippen LogP contribution in [0, 0.1) is 0 Å². The SMILES string of the molecule is CS(=O)(=O)I. The first-order valence-corrected chi connectivity index (χ1v) is 5.33. The number of rotatable bonds is 0. The minimum Gasteiger partial charge on any atom is -0.219 e. The van der Waals surface area contributed by atoms with Crippen LogP contribution in [0.5, 0.6) is 0 Å². The first-order chi connectivity index (χ1) is 2.00. The minimum absolute atomic E-state index is 1.15. The predicted octanol–water partition coefficient (Wildman–Crippen LogP) is 0.381. The summed E-state index contributed by atoms with van der Waals surface area (Å²) in [5, 5.41) is 0. The second kappa shape index (κ2) is 1.42. The van der Waals surface area contributed by atoms with Gasteiger partial charge in [0.05, 0.1) is 21.2 Å². The van der Waals surface area contributed by atoms with E-state index < -0.39 is 7.01 Å². The quantitative estimate of drug-likeness (QED) is 0.424. The number of hydrogen-bond donors (Lipinski definition) is 0. The molecule has 0 heterocycles. The fourth-order valence-corrected chi connectivity index (χ4v) is 0. The van der Waals surface area contributed by atoms with E-state index in [9.17, 15) is 8.42 Å². The molecule has 32 valence electrons. The first-order valence-electron chi connectivity index (χ1n) is 0.896. The van der Waals surface area contributed by atoms with Gasteiger partial charge in [-0.1, -0.05) is 0 Å². The second-order valence-electron chi connectivity index (χ2n) is 0.682. The average Bonchev–Trinajstić information content (AvgIpc) is 0.722. The average molecular weight is 206 g/mol. The summed E-state index contributed by atoms with van der Waals surface area (Å²) in [5.74, 6) is 0. The summed E-state index contributed by atoms with van der Waals surface area (Å²) in [5.41, 5.74) is 0. The van der Waals surface area contributed by atoms with Crippen LogP contribution in [0.1, 0.15) is 0 Å². The van der Waals surface area contributed by atoms with E-state index in [4.69, 9.17) is 0 Å². The summed E-state index contributed by atoms with van der Waals surface area (Å²) in [6, 6.07) is 0. The lowest BCUT2D eigenvalue weighted by Gasteiger charge is -1.66. The standard InChI is InChI=1S/CH3IO2S/c1-5(2,3)4/h1H3. The fourth-order valence-electron chi connectivity index (χ4n) is 0. The molecule has 0 aliphatic carbocycles. The van der Waals surface area contributed by atoms with Crippen molar-refractivity contribution in [1.29, 1.82) is 0 Å². The van der Waals surface area contributed by atoms with Gasteiger partial charge in [0.25, 0.3) is 0 Å². The summed E-state index contributed by atoms with van der Waals surface area (Å²) in [6.07, 6.45) is 1.15. The zero-order valence-electron chi connectivity index (χ0n) is 2.60. The van der Waals surface area contributed by atoms with Crippen molar-refractivity contribution in [2.75, 3.05) is 6.26 Å². The summed E-state index contributed by atoms with van der Waals surface area (Å²) in [7, 11) is -2.70. The van der Waals surface area contributed by atoms with Crippen molar-refractivity contribution in [3.63, 3.8) is 0 Å². The van der Waals surface area contributed by atoms with Gasteiger partial charge in [-0.2, -0.15) is 0 Å². The third kappa shape index (κ3) is 72.7. The Balaban J connectivity index is 4.06. The topological polar surface area (TPSA) is 34.1 Å². The molecule has 0 aromatic heterocycles. The van der Waals surface area contributed by atoms with Crippen LogP contribution in [-0.4, -0.2) is 14.7 Å². The monoisotopic (exact) mass is 206 g/mol. The van der Waals surface area contributed by atoms with Gasteiger partial charge in [0.15, 0.2) is 7.01 Å². The van der Waals surface area contributed by atoms with Crippen molar-refractivity contribution >= 4 is 28.2 Å². The van der Waals surface area contributed by atoms with Crippen LogP contribution in [0.3, 0.4) is 0 Å². The van der Waals surface area contributed by atoms with Crippen molar-refractivity contribution in [3.8, 4) is 0 Å². The molecule has 5 heavy (non-hydrogen) atoms. The van der Waals surface area contributed by atoms with Crippen LogP contribution in [0.25, 0.3) is 0 Å². The Kier molecular flexibility index (Phi) is 1.61. The molecule has 0 aliphatic rings. The molecule has 0 atom stereocenters. The fraction of sp³-hybridized carbons (Fsp3) is 1.00. The molecule has 0 saturated carbocycles. The summed E-state index contributed by atoms with van der Waals surface area (Å²) < 4.78 is 19.2. The van der Waals surface area contributed by atoms with Crippen molar-refractivity contribution < 1.29 is 8.42 Å². The highest BCUT2D eigenvalue weighted by Gasteiger charge is 1.82. The third-order valence-corrected chi connectivity index (χ3v) is 0. The molecule has 0 bridgehead atoms. The largest absolute Gasteiger partial charge is 0.219 e. The van der Waals surface area contributed by atoms with Crippen molar-refractivity contribution in [2.24, 2.45) is 0 Å². The van der Waals surface area contributed by atoms with E-state index in [1.807, 2.05) is 0 Å². The molecule has 0 amide bonds. The first kappa shape index (κ1) is 5.68. The smallest absolute Gasteiger partial charge is 0.200 e. The molecule has 0 aromatic rings. The Morgan fingerprint density at radius 2 is 1.60 bits per heavy atom. The second-order valence-corrected chi connectivity index (χ2v) is 6.84. The lowest BCUT2D eigenvalue weighted by Crippen LogP contribution is -1.74. The van der Waals surface area contributed by atoms with E-state index in [-0.39, 0.29) is 0 Å². The summed E-state index contributed by atoms with van der Waals surface area (Å²) in [6.45, 7) is 0. The van der Waals surface area contributed by atoms with Crippen LogP contribution in [-0.2, 0) is 7.01 Å². The normalized spacial score (nSPS) is 11.6. The summed E-state index contributed by atoms with van der Waals surface area (Å²) >= 11 is 1.35. The molecule has 0 N–H and O–H groups in total. The number of halogens is 1. The summed E-state index contributed by atoms with van der Waals surface area (Å²) in [4.78, 5) is 0. The van der Waals surface area contributed by atoms with Gasteiger partial charge in [-0.25, -0.2) is 8.42 Å². The van der Waals surface area contributed by atoms with Gasteiger partial charge in [0.2, 0.25) is 0 Å². The molecule has 2 nitrogen and oxygen atoms in total. The van der Waals surface area contributed by atoms with E-state index in [0.29, 0.717) is 0 Å². The van der Waals surface area contributed by atoms with E-state index in [0.717, 1.165) is 6.26 Å². The minimum atomic E-state index is -2.70. The predicted molar refractivity (Wildman–Crippen MR) is 28.9 cm³/mol. The Hall–Kier alpha value is 0.680. The van der Waals surface area contributed by atoms with Crippen LogP contribution in [0.4, 0.5) is 0 Å². The lowest BCUT2D eigenvalue weighted by atomic mass is 12.0. The molecule has 4 heteroatoms. The highest BCUT2D eigenvalue weighted by Crippen LogP contribution is 1.90. The molecule has 0 aromatic carbocycles. The van der Waals surface area contributed by atoms with Crippen LogP contribution >= 0.6 is 21.2 Å². The van der Waals surface area contributed by atoms with Gasteiger partial charge in [-0.3, -0.25) is 0 Å². The molecule has 0 fully saturated rings. The molecular weight excluding hydrogens is 203 g/mol. The van der Waals surface area contributed by atoms with Crippen LogP contribution in [0.15, 0.2) is 0 Å². The van der Waals surface area contributed by atoms with E-state index >= 15 is 0 Å². The van der Waals surface area contributed by atoms with Gasteiger partial charge in [0.1, 0.15) is 0 Å². The number of hydrogen-bond acceptors (Lipinski definition) is 2. The van der Waals surface area contributed by atoms with E-state index in [2.05, 4.69) is 0 Å². The van der Waals surface area contributed by atoms with Crippen molar-refractivity contribution in [3.05, 3.63) is 0 Å². The van der Waals surface area contributed by atoms with Gasteiger partial charge in [0, 0.05) is 6.26 Å². The molecule has 0 saturated heterocycles. The molecule has 0 radical (unpaired) electrons. The maximum atomic E-state index is 9.62. The maximum absolute atomic E-state index is 9.62.